The SMILES string of the molecule is COc1cccc(C(CNCc2ccccc2C)N(C)C)c1. The van der Waals surface area contributed by atoms with Gasteiger partial charge in [0.15, 0.2) is 0 Å². The van der Waals surface area contributed by atoms with Gasteiger partial charge in [-0.05, 0) is 49.8 Å². The molecule has 0 bridgehead atoms. The maximum absolute atomic E-state index is 5.34. The fourth-order valence-electron chi connectivity index (χ4n) is 2.60. The van der Waals surface area contributed by atoms with Gasteiger partial charge >= 0.3 is 0 Å². The summed E-state index contributed by atoms with van der Waals surface area (Å²) in [4.78, 5) is 2.24. The van der Waals surface area contributed by atoms with Crippen LogP contribution in [0.3, 0.4) is 0 Å². The van der Waals surface area contributed by atoms with E-state index in [1.165, 1.54) is 16.7 Å². The lowest BCUT2D eigenvalue weighted by Crippen LogP contribution is -2.31. The zero-order chi connectivity index (χ0) is 15.9. The van der Waals surface area contributed by atoms with Crippen LogP contribution in [0, 0.1) is 6.92 Å². The van der Waals surface area contributed by atoms with Crippen LogP contribution >= 0.6 is 0 Å². The Morgan fingerprint density at radius 2 is 1.86 bits per heavy atom. The highest BCUT2D eigenvalue weighted by atomic mass is 16.5. The van der Waals surface area contributed by atoms with Gasteiger partial charge in [-0.1, -0.05) is 36.4 Å². The van der Waals surface area contributed by atoms with Crippen molar-refractivity contribution >= 4 is 0 Å². The van der Waals surface area contributed by atoms with Crippen molar-refractivity contribution in [3.63, 3.8) is 0 Å². The number of hydrogen-bond donors (Lipinski definition) is 1. The zero-order valence-electron chi connectivity index (χ0n) is 14.0. The molecule has 22 heavy (non-hydrogen) atoms. The number of methoxy groups -OCH3 is 1. The van der Waals surface area contributed by atoms with E-state index in [2.05, 4.69) is 67.6 Å². The van der Waals surface area contributed by atoms with Gasteiger partial charge in [0.2, 0.25) is 0 Å². The summed E-state index contributed by atoms with van der Waals surface area (Å²) in [5, 5.41) is 3.58. The Labute approximate surface area is 133 Å². The quantitative estimate of drug-likeness (QED) is 0.848. The lowest BCUT2D eigenvalue weighted by Gasteiger charge is -2.25. The summed E-state index contributed by atoms with van der Waals surface area (Å²) < 4.78 is 5.34. The molecule has 0 fully saturated rings. The largest absolute Gasteiger partial charge is 0.497 e. The smallest absolute Gasteiger partial charge is 0.119 e. The van der Waals surface area contributed by atoms with Crippen molar-refractivity contribution in [2.24, 2.45) is 0 Å². The molecule has 0 aliphatic carbocycles. The van der Waals surface area contributed by atoms with Crippen LogP contribution in [0.25, 0.3) is 0 Å². The molecule has 0 aromatic heterocycles. The fraction of sp³-hybridized carbons (Fsp3) is 0.368. The second-order valence-corrected chi connectivity index (χ2v) is 5.81. The summed E-state index contributed by atoms with van der Waals surface area (Å²) in [6, 6.07) is 17.1. The van der Waals surface area contributed by atoms with Crippen LogP contribution < -0.4 is 10.1 Å². The van der Waals surface area contributed by atoms with E-state index in [0.717, 1.165) is 18.8 Å². The molecule has 0 saturated carbocycles. The van der Waals surface area contributed by atoms with E-state index < -0.39 is 0 Å². The topological polar surface area (TPSA) is 24.5 Å². The van der Waals surface area contributed by atoms with E-state index >= 15 is 0 Å². The van der Waals surface area contributed by atoms with E-state index in [1.54, 1.807) is 7.11 Å². The predicted octanol–water partition coefficient (Wildman–Crippen LogP) is 3.40. The average Bonchev–Trinajstić information content (AvgIpc) is 2.53. The van der Waals surface area contributed by atoms with Crippen LogP contribution in [-0.2, 0) is 6.54 Å². The molecule has 1 atom stereocenters. The number of ether oxygens (including phenoxy) is 1. The number of rotatable bonds is 7. The van der Waals surface area contributed by atoms with Crippen molar-refractivity contribution in [2.45, 2.75) is 19.5 Å². The molecule has 0 aliphatic heterocycles. The lowest BCUT2D eigenvalue weighted by atomic mass is 10.0. The van der Waals surface area contributed by atoms with Crippen LogP contribution in [0.5, 0.6) is 5.75 Å². The first-order valence-corrected chi connectivity index (χ1v) is 7.67. The Morgan fingerprint density at radius 3 is 2.55 bits per heavy atom. The van der Waals surface area contributed by atoms with Gasteiger partial charge in [0.05, 0.1) is 7.11 Å². The number of benzene rings is 2. The van der Waals surface area contributed by atoms with Crippen molar-refractivity contribution in [1.29, 1.82) is 0 Å². The first-order chi connectivity index (χ1) is 10.6. The van der Waals surface area contributed by atoms with Gasteiger partial charge in [0, 0.05) is 19.1 Å². The highest BCUT2D eigenvalue weighted by molar-refractivity contribution is 5.31. The monoisotopic (exact) mass is 298 g/mol. The van der Waals surface area contributed by atoms with Crippen molar-refractivity contribution < 1.29 is 4.74 Å². The van der Waals surface area contributed by atoms with Gasteiger partial charge in [-0.25, -0.2) is 0 Å². The van der Waals surface area contributed by atoms with Crippen LogP contribution in [0.15, 0.2) is 48.5 Å². The molecule has 0 spiro atoms. The van der Waals surface area contributed by atoms with Gasteiger partial charge in [-0.15, -0.1) is 0 Å². The normalized spacial score (nSPS) is 12.4. The van der Waals surface area contributed by atoms with Crippen LogP contribution in [0.4, 0.5) is 0 Å². The molecule has 2 aromatic carbocycles. The molecule has 3 heteroatoms. The zero-order valence-corrected chi connectivity index (χ0v) is 14.0. The Kier molecular flexibility index (Phi) is 5.99. The maximum atomic E-state index is 5.34. The van der Waals surface area contributed by atoms with Crippen molar-refractivity contribution in [3.8, 4) is 5.75 Å². The van der Waals surface area contributed by atoms with Gasteiger partial charge in [-0.3, -0.25) is 0 Å². The summed E-state index contributed by atoms with van der Waals surface area (Å²) in [5.74, 6) is 0.906. The second kappa shape index (κ2) is 7.97. The Morgan fingerprint density at radius 1 is 1.09 bits per heavy atom. The van der Waals surface area contributed by atoms with Gasteiger partial charge in [0.1, 0.15) is 5.75 Å². The Bertz CT molecular complexity index is 595. The van der Waals surface area contributed by atoms with Crippen LogP contribution in [0.2, 0.25) is 0 Å². The first kappa shape index (κ1) is 16.5. The molecule has 0 heterocycles. The molecule has 3 nitrogen and oxygen atoms in total. The summed E-state index contributed by atoms with van der Waals surface area (Å²) in [6.07, 6.45) is 0. The Hall–Kier alpha value is -1.84. The lowest BCUT2D eigenvalue weighted by molar-refractivity contribution is 0.287. The standard InChI is InChI=1S/C19H26N2O/c1-15-8-5-6-9-17(15)13-20-14-19(21(2)3)16-10-7-11-18(12-16)22-4/h5-12,19-20H,13-14H2,1-4H3. The average molecular weight is 298 g/mol. The molecule has 0 saturated heterocycles. The number of hydrogen-bond acceptors (Lipinski definition) is 3. The highest BCUT2D eigenvalue weighted by Gasteiger charge is 2.14. The molecule has 2 rings (SSSR count). The number of nitrogens with one attached hydrogen (secondary N) is 1. The van der Waals surface area contributed by atoms with Crippen molar-refractivity contribution in [2.75, 3.05) is 27.7 Å². The van der Waals surface area contributed by atoms with Crippen molar-refractivity contribution in [1.82, 2.24) is 10.2 Å². The molecule has 2 aromatic rings. The fourth-order valence-corrected chi connectivity index (χ4v) is 2.60. The van der Waals surface area contributed by atoms with Crippen LogP contribution in [0.1, 0.15) is 22.7 Å². The van der Waals surface area contributed by atoms with E-state index in [4.69, 9.17) is 4.74 Å². The third-order valence-corrected chi connectivity index (χ3v) is 4.02. The molecule has 0 amide bonds. The number of likely N-dealkylation sites (N-methyl/N-ethyl adjacent to an activating group) is 1. The summed E-state index contributed by atoms with van der Waals surface area (Å²) in [5.41, 5.74) is 3.95. The minimum Gasteiger partial charge on any atom is -0.497 e. The highest BCUT2D eigenvalue weighted by Crippen LogP contribution is 2.22. The third-order valence-electron chi connectivity index (χ3n) is 4.02. The molecule has 0 radical (unpaired) electrons. The predicted molar refractivity (Wildman–Crippen MR) is 92.3 cm³/mol. The second-order valence-electron chi connectivity index (χ2n) is 5.81. The van der Waals surface area contributed by atoms with E-state index in [-0.39, 0.29) is 0 Å². The minimum atomic E-state index is 0.319. The van der Waals surface area contributed by atoms with E-state index in [9.17, 15) is 0 Å². The third kappa shape index (κ3) is 4.33. The van der Waals surface area contributed by atoms with Gasteiger partial charge < -0.3 is 15.0 Å². The van der Waals surface area contributed by atoms with Gasteiger partial charge in [-0.2, -0.15) is 0 Å². The summed E-state index contributed by atoms with van der Waals surface area (Å²) in [7, 11) is 5.93. The minimum absolute atomic E-state index is 0.319. The molecule has 118 valence electrons. The van der Waals surface area contributed by atoms with Crippen molar-refractivity contribution in [3.05, 3.63) is 65.2 Å². The molecular weight excluding hydrogens is 272 g/mol. The summed E-state index contributed by atoms with van der Waals surface area (Å²) in [6.45, 7) is 3.94. The van der Waals surface area contributed by atoms with Crippen LogP contribution in [-0.4, -0.2) is 32.6 Å². The molecule has 0 aliphatic rings. The molecule has 1 N–H and O–H groups in total. The summed E-state index contributed by atoms with van der Waals surface area (Å²) >= 11 is 0. The first-order valence-electron chi connectivity index (χ1n) is 7.67. The number of aryl methyl sites for hydroxylation is 1. The van der Waals surface area contributed by atoms with E-state index in [0.29, 0.717) is 6.04 Å². The molecule has 1 unspecified atom stereocenters. The number of nitrogens with zero attached hydrogens (tertiary/aromatic N) is 1. The Balaban J connectivity index is 2.02. The molecular formula is C19H26N2O. The van der Waals surface area contributed by atoms with Gasteiger partial charge in [0.25, 0.3) is 0 Å². The maximum Gasteiger partial charge on any atom is 0.119 e. The van der Waals surface area contributed by atoms with E-state index in [1.807, 2.05) is 12.1 Å².